The van der Waals surface area contributed by atoms with Gasteiger partial charge in [0.2, 0.25) is 0 Å². The van der Waals surface area contributed by atoms with E-state index in [1.165, 1.54) is 0 Å². The van der Waals surface area contributed by atoms with Crippen LogP contribution in [0.25, 0.3) is 10.9 Å². The molecule has 2 nitrogen and oxygen atoms in total. The maximum atomic E-state index is 6.26. The van der Waals surface area contributed by atoms with Gasteiger partial charge in [-0.15, -0.1) is 0 Å². The zero-order valence-electron chi connectivity index (χ0n) is 11.5. The van der Waals surface area contributed by atoms with E-state index in [9.17, 15) is 0 Å². The normalized spacial score (nSPS) is 12.3. The molecule has 0 saturated carbocycles. The van der Waals surface area contributed by atoms with Crippen LogP contribution in [0.2, 0.25) is 10.0 Å². The van der Waals surface area contributed by atoms with E-state index in [0.717, 1.165) is 22.2 Å². The Morgan fingerprint density at radius 1 is 1.05 bits per heavy atom. The summed E-state index contributed by atoms with van der Waals surface area (Å²) >= 11 is 12.3. The van der Waals surface area contributed by atoms with Gasteiger partial charge in [-0.2, -0.15) is 0 Å². The van der Waals surface area contributed by atoms with Crippen LogP contribution in [0.3, 0.4) is 0 Å². The first kappa shape index (κ1) is 14.2. The van der Waals surface area contributed by atoms with Gasteiger partial charge in [-0.1, -0.05) is 53.5 Å². The summed E-state index contributed by atoms with van der Waals surface area (Å²) in [5.41, 5.74) is 2.91. The van der Waals surface area contributed by atoms with Gasteiger partial charge in [-0.05, 0) is 30.7 Å². The maximum Gasteiger partial charge on any atom is 0.0703 e. The number of pyridine rings is 1. The quantitative estimate of drug-likeness (QED) is 0.669. The molecule has 4 heteroatoms. The van der Waals surface area contributed by atoms with Gasteiger partial charge >= 0.3 is 0 Å². The van der Waals surface area contributed by atoms with Crippen LogP contribution in [0.15, 0.2) is 54.7 Å². The number of nitrogens with zero attached hydrogens (tertiary/aromatic N) is 1. The van der Waals surface area contributed by atoms with E-state index >= 15 is 0 Å². The summed E-state index contributed by atoms with van der Waals surface area (Å²) in [6.45, 7) is 2.05. The van der Waals surface area contributed by atoms with Crippen molar-refractivity contribution in [3.63, 3.8) is 0 Å². The van der Waals surface area contributed by atoms with Gasteiger partial charge in [0, 0.05) is 5.39 Å². The first-order chi connectivity index (χ1) is 10.1. The highest BCUT2D eigenvalue weighted by molar-refractivity contribution is 6.42. The van der Waals surface area contributed by atoms with E-state index in [4.69, 9.17) is 23.2 Å². The Bertz CT molecular complexity index is 787. The van der Waals surface area contributed by atoms with Gasteiger partial charge < -0.3 is 5.32 Å². The zero-order valence-corrected chi connectivity index (χ0v) is 13.0. The van der Waals surface area contributed by atoms with E-state index in [1.807, 2.05) is 49.5 Å². The summed E-state index contributed by atoms with van der Waals surface area (Å²) < 4.78 is 0. The summed E-state index contributed by atoms with van der Waals surface area (Å²) in [5, 5.41) is 5.68. The largest absolute Gasteiger partial charge is 0.377 e. The maximum absolute atomic E-state index is 6.26. The van der Waals surface area contributed by atoms with Gasteiger partial charge in [-0.3, -0.25) is 4.98 Å². The van der Waals surface area contributed by atoms with Crippen molar-refractivity contribution in [2.24, 2.45) is 0 Å². The molecule has 0 bridgehead atoms. The van der Waals surface area contributed by atoms with Gasteiger partial charge in [0.15, 0.2) is 0 Å². The summed E-state index contributed by atoms with van der Waals surface area (Å²) in [6.07, 6.45) is 1.83. The number of benzene rings is 2. The minimum atomic E-state index is 0.0409. The Morgan fingerprint density at radius 2 is 1.86 bits per heavy atom. The van der Waals surface area contributed by atoms with Crippen LogP contribution in [0.4, 0.5) is 5.69 Å². The van der Waals surface area contributed by atoms with E-state index in [1.54, 1.807) is 6.07 Å². The summed E-state index contributed by atoms with van der Waals surface area (Å²) in [4.78, 5) is 4.45. The standard InChI is InChI=1S/C17H14Cl2N2/c1-11(14-6-4-7-15(18)17(14)19)21-13-9-12-5-2-3-8-16(12)20-10-13/h2-11,21H,1H3. The number of nitrogens with one attached hydrogen (secondary N) is 1. The number of para-hydroxylation sites is 1. The first-order valence-electron chi connectivity index (χ1n) is 6.70. The lowest BCUT2D eigenvalue weighted by Crippen LogP contribution is -2.07. The molecule has 1 heterocycles. The van der Waals surface area contributed by atoms with Crippen LogP contribution >= 0.6 is 23.2 Å². The van der Waals surface area contributed by atoms with Gasteiger partial charge in [0.1, 0.15) is 0 Å². The van der Waals surface area contributed by atoms with Crippen LogP contribution in [0, 0.1) is 0 Å². The molecule has 1 N–H and O–H groups in total. The number of hydrogen-bond acceptors (Lipinski definition) is 2. The smallest absolute Gasteiger partial charge is 0.0703 e. The summed E-state index contributed by atoms with van der Waals surface area (Å²) in [6, 6.07) is 15.8. The van der Waals surface area contributed by atoms with E-state index < -0.39 is 0 Å². The van der Waals surface area contributed by atoms with E-state index in [-0.39, 0.29) is 6.04 Å². The zero-order chi connectivity index (χ0) is 14.8. The van der Waals surface area contributed by atoms with E-state index in [0.29, 0.717) is 10.0 Å². The van der Waals surface area contributed by atoms with Gasteiger partial charge in [0.25, 0.3) is 0 Å². The minimum Gasteiger partial charge on any atom is -0.377 e. The molecular formula is C17H14Cl2N2. The average Bonchev–Trinajstić information content (AvgIpc) is 2.50. The molecule has 0 spiro atoms. The number of halogens is 2. The summed E-state index contributed by atoms with van der Waals surface area (Å²) in [7, 11) is 0. The molecule has 0 aliphatic carbocycles. The number of hydrogen-bond donors (Lipinski definition) is 1. The van der Waals surface area contributed by atoms with Gasteiger partial charge in [0.05, 0.1) is 33.5 Å². The molecule has 0 radical (unpaired) electrons. The third-order valence-corrected chi connectivity index (χ3v) is 4.26. The molecule has 0 saturated heterocycles. The second-order valence-corrected chi connectivity index (χ2v) is 5.71. The molecule has 0 aliphatic rings. The highest BCUT2D eigenvalue weighted by Crippen LogP contribution is 2.31. The second-order valence-electron chi connectivity index (χ2n) is 4.93. The number of fused-ring (bicyclic) bond motifs is 1. The highest BCUT2D eigenvalue weighted by atomic mass is 35.5. The van der Waals surface area contributed by atoms with Crippen LogP contribution in [0.1, 0.15) is 18.5 Å². The average molecular weight is 317 g/mol. The predicted molar refractivity (Wildman–Crippen MR) is 90.2 cm³/mol. The molecule has 1 atom stereocenters. The molecule has 0 aliphatic heterocycles. The van der Waals surface area contributed by atoms with Crippen molar-refractivity contribution < 1.29 is 0 Å². The fourth-order valence-corrected chi connectivity index (χ4v) is 2.80. The van der Waals surface area contributed by atoms with Crippen LogP contribution in [0.5, 0.6) is 0 Å². The fourth-order valence-electron chi connectivity index (χ4n) is 2.33. The molecule has 1 unspecified atom stereocenters. The molecule has 21 heavy (non-hydrogen) atoms. The van der Waals surface area contributed by atoms with E-state index in [2.05, 4.69) is 16.4 Å². The van der Waals surface area contributed by atoms with Crippen molar-refractivity contribution >= 4 is 39.8 Å². The Kier molecular flexibility index (Phi) is 4.00. The fraction of sp³-hybridized carbons (Fsp3) is 0.118. The number of aromatic nitrogens is 1. The molecule has 3 aromatic rings. The van der Waals surface area contributed by atoms with Crippen LogP contribution in [-0.4, -0.2) is 4.98 Å². The third-order valence-electron chi connectivity index (χ3n) is 3.42. The van der Waals surface area contributed by atoms with Crippen molar-refractivity contribution in [1.29, 1.82) is 0 Å². The lowest BCUT2D eigenvalue weighted by Gasteiger charge is -2.17. The third kappa shape index (κ3) is 2.97. The molecule has 1 aromatic heterocycles. The number of rotatable bonds is 3. The molecule has 0 amide bonds. The molecule has 2 aromatic carbocycles. The van der Waals surface area contributed by atoms with Crippen molar-refractivity contribution in [3.8, 4) is 0 Å². The van der Waals surface area contributed by atoms with Crippen LogP contribution in [-0.2, 0) is 0 Å². The molecule has 3 rings (SSSR count). The molecular weight excluding hydrogens is 303 g/mol. The Hall–Kier alpha value is -1.77. The van der Waals surface area contributed by atoms with Crippen molar-refractivity contribution in [2.75, 3.05) is 5.32 Å². The lowest BCUT2D eigenvalue weighted by atomic mass is 10.1. The second kappa shape index (κ2) is 5.92. The Balaban J connectivity index is 1.89. The lowest BCUT2D eigenvalue weighted by molar-refractivity contribution is 0.884. The van der Waals surface area contributed by atoms with Gasteiger partial charge in [-0.25, -0.2) is 0 Å². The number of anilines is 1. The highest BCUT2D eigenvalue weighted by Gasteiger charge is 2.12. The van der Waals surface area contributed by atoms with Crippen molar-refractivity contribution in [3.05, 3.63) is 70.3 Å². The monoisotopic (exact) mass is 316 g/mol. The van der Waals surface area contributed by atoms with Crippen molar-refractivity contribution in [1.82, 2.24) is 4.98 Å². The Labute approximate surface area is 133 Å². The van der Waals surface area contributed by atoms with Crippen molar-refractivity contribution in [2.45, 2.75) is 13.0 Å². The molecule has 106 valence electrons. The SMILES string of the molecule is CC(Nc1cnc2ccccc2c1)c1cccc(Cl)c1Cl. The minimum absolute atomic E-state index is 0.0409. The van der Waals surface area contributed by atoms with Crippen LogP contribution < -0.4 is 5.32 Å². The Morgan fingerprint density at radius 3 is 2.71 bits per heavy atom. The topological polar surface area (TPSA) is 24.9 Å². The predicted octanol–water partition coefficient (Wildman–Crippen LogP) is 5.71. The molecule has 0 fully saturated rings. The summed E-state index contributed by atoms with van der Waals surface area (Å²) in [5.74, 6) is 0. The first-order valence-corrected chi connectivity index (χ1v) is 7.46.